The van der Waals surface area contributed by atoms with Gasteiger partial charge in [-0.05, 0) is 30.0 Å². The second-order valence-corrected chi connectivity index (χ2v) is 5.31. The van der Waals surface area contributed by atoms with E-state index in [0.717, 1.165) is 17.0 Å². The molecule has 0 radical (unpaired) electrons. The van der Waals surface area contributed by atoms with E-state index in [2.05, 4.69) is 0 Å². The monoisotopic (exact) mass is 284 g/mol. The van der Waals surface area contributed by atoms with Crippen LogP contribution in [-0.2, 0) is 12.6 Å². The number of carbonyl (C=O) groups is 1. The number of thiophene rings is 1. The number of rotatable bonds is 3. The van der Waals surface area contributed by atoms with E-state index < -0.39 is 11.7 Å². The molecule has 1 nitrogen and oxygen atoms in total. The van der Waals surface area contributed by atoms with Crippen LogP contribution >= 0.6 is 11.3 Å². The average molecular weight is 284 g/mol. The molecule has 0 spiro atoms. The molecule has 19 heavy (non-hydrogen) atoms. The molecule has 1 aromatic heterocycles. The number of hydrogen-bond acceptors (Lipinski definition) is 2. The number of halogens is 3. The maximum Gasteiger partial charge on any atom is 0.416 e. The maximum absolute atomic E-state index is 12.6. The molecule has 0 saturated carbocycles. The summed E-state index contributed by atoms with van der Waals surface area (Å²) >= 11 is 1.45. The van der Waals surface area contributed by atoms with Gasteiger partial charge < -0.3 is 0 Å². The van der Waals surface area contributed by atoms with Gasteiger partial charge in [0.15, 0.2) is 5.78 Å². The second-order valence-electron chi connectivity index (χ2n) is 4.19. The summed E-state index contributed by atoms with van der Waals surface area (Å²) < 4.78 is 37.7. The van der Waals surface area contributed by atoms with Crippen LogP contribution in [0.4, 0.5) is 13.2 Å². The van der Waals surface area contributed by atoms with Crippen molar-refractivity contribution < 1.29 is 18.0 Å². The summed E-state index contributed by atoms with van der Waals surface area (Å²) in [5.41, 5.74) is 0.243. The quantitative estimate of drug-likeness (QED) is 0.758. The highest BCUT2D eigenvalue weighted by molar-refractivity contribution is 7.10. The first-order valence-corrected chi connectivity index (χ1v) is 6.49. The minimum Gasteiger partial charge on any atom is -0.294 e. The van der Waals surface area contributed by atoms with Crippen molar-refractivity contribution in [2.75, 3.05) is 0 Å². The Morgan fingerprint density at radius 1 is 1.26 bits per heavy atom. The predicted molar refractivity (Wildman–Crippen MR) is 68.5 cm³/mol. The summed E-state index contributed by atoms with van der Waals surface area (Å²) in [6.07, 6.45) is -4.39. The van der Waals surface area contributed by atoms with Crippen LogP contribution in [0.1, 0.15) is 26.4 Å². The zero-order valence-electron chi connectivity index (χ0n) is 10.1. The number of ketones is 1. The number of benzene rings is 1. The smallest absolute Gasteiger partial charge is 0.294 e. The predicted octanol–water partition coefficient (Wildman–Crippen LogP) is 4.50. The van der Waals surface area contributed by atoms with Gasteiger partial charge in [0, 0.05) is 16.9 Å². The molecule has 0 fully saturated rings. The fraction of sp³-hybridized carbons (Fsp3) is 0.214. The minimum absolute atomic E-state index is 0.0124. The van der Waals surface area contributed by atoms with E-state index in [4.69, 9.17) is 0 Å². The molecule has 2 rings (SSSR count). The van der Waals surface area contributed by atoms with Crippen LogP contribution < -0.4 is 0 Å². The van der Waals surface area contributed by atoms with Gasteiger partial charge in [0.25, 0.3) is 0 Å². The first-order valence-electron chi connectivity index (χ1n) is 5.61. The molecule has 5 heteroatoms. The zero-order valence-corrected chi connectivity index (χ0v) is 10.9. The second kappa shape index (κ2) is 5.17. The number of carbonyl (C=O) groups excluding carboxylic acids is 1. The summed E-state index contributed by atoms with van der Waals surface area (Å²) in [4.78, 5) is 12.9. The summed E-state index contributed by atoms with van der Waals surface area (Å²) in [7, 11) is 0. The Morgan fingerprint density at radius 3 is 2.58 bits per heavy atom. The highest BCUT2D eigenvalue weighted by Crippen LogP contribution is 2.29. The Balaban J connectivity index is 2.21. The number of Topliss-reactive ketones (excluding diaryl/α,β-unsaturated/α-hetero) is 1. The summed E-state index contributed by atoms with van der Waals surface area (Å²) in [6.45, 7) is 1.82. The Morgan fingerprint density at radius 2 is 2.00 bits per heavy atom. The Kier molecular flexibility index (Phi) is 3.75. The lowest BCUT2D eigenvalue weighted by Gasteiger charge is -2.08. The SMILES string of the molecule is Cc1sccc1C(=O)Cc1cccc(C(F)(F)F)c1. The van der Waals surface area contributed by atoms with Crippen LogP contribution in [0.15, 0.2) is 35.7 Å². The van der Waals surface area contributed by atoms with Gasteiger partial charge in [0.2, 0.25) is 0 Å². The molecule has 0 amide bonds. The molecule has 0 unspecified atom stereocenters. The lowest BCUT2D eigenvalue weighted by molar-refractivity contribution is -0.137. The van der Waals surface area contributed by atoms with Gasteiger partial charge >= 0.3 is 6.18 Å². The molecule has 0 aliphatic rings. The molecule has 0 saturated heterocycles. The van der Waals surface area contributed by atoms with Crippen LogP contribution in [0.25, 0.3) is 0 Å². The fourth-order valence-electron chi connectivity index (χ4n) is 1.81. The fourth-order valence-corrected chi connectivity index (χ4v) is 2.53. The van der Waals surface area contributed by atoms with Crippen molar-refractivity contribution in [1.82, 2.24) is 0 Å². The van der Waals surface area contributed by atoms with Crippen molar-refractivity contribution in [3.8, 4) is 0 Å². The molecular weight excluding hydrogens is 273 g/mol. The third-order valence-electron chi connectivity index (χ3n) is 2.78. The van der Waals surface area contributed by atoms with E-state index in [0.29, 0.717) is 11.1 Å². The molecule has 0 atom stereocenters. The standard InChI is InChI=1S/C14H11F3OS/c1-9-12(5-6-19-9)13(18)8-10-3-2-4-11(7-10)14(15,16)17/h2-7H,8H2,1H3. The molecular formula is C14H11F3OS. The van der Waals surface area contributed by atoms with Crippen molar-refractivity contribution in [3.05, 3.63) is 57.3 Å². The lowest BCUT2D eigenvalue weighted by Crippen LogP contribution is -2.08. The van der Waals surface area contributed by atoms with Crippen LogP contribution in [0.5, 0.6) is 0 Å². The zero-order chi connectivity index (χ0) is 14.0. The van der Waals surface area contributed by atoms with Gasteiger partial charge in [-0.1, -0.05) is 18.2 Å². The van der Waals surface area contributed by atoms with Gasteiger partial charge in [0.05, 0.1) is 5.56 Å². The van der Waals surface area contributed by atoms with Crippen LogP contribution in [0, 0.1) is 6.92 Å². The van der Waals surface area contributed by atoms with Gasteiger partial charge in [-0.3, -0.25) is 4.79 Å². The van der Waals surface area contributed by atoms with E-state index in [9.17, 15) is 18.0 Å². The maximum atomic E-state index is 12.6. The van der Waals surface area contributed by atoms with Crippen LogP contribution in [0.2, 0.25) is 0 Å². The van der Waals surface area contributed by atoms with Crippen molar-refractivity contribution in [2.45, 2.75) is 19.5 Å². The third kappa shape index (κ3) is 3.23. The highest BCUT2D eigenvalue weighted by Gasteiger charge is 2.30. The largest absolute Gasteiger partial charge is 0.416 e. The lowest BCUT2D eigenvalue weighted by atomic mass is 10.0. The van der Waals surface area contributed by atoms with Crippen molar-refractivity contribution in [1.29, 1.82) is 0 Å². The van der Waals surface area contributed by atoms with E-state index in [1.165, 1.54) is 23.5 Å². The van der Waals surface area contributed by atoms with Crippen LogP contribution in [0.3, 0.4) is 0 Å². The van der Waals surface area contributed by atoms with E-state index in [1.54, 1.807) is 11.4 Å². The topological polar surface area (TPSA) is 17.1 Å². The molecule has 1 heterocycles. The number of hydrogen-bond donors (Lipinski definition) is 0. The Bertz CT molecular complexity index is 599. The molecule has 0 aliphatic heterocycles. The average Bonchev–Trinajstić information content (AvgIpc) is 2.75. The van der Waals surface area contributed by atoms with Crippen molar-refractivity contribution >= 4 is 17.1 Å². The van der Waals surface area contributed by atoms with Gasteiger partial charge in [-0.2, -0.15) is 13.2 Å². The van der Waals surface area contributed by atoms with E-state index >= 15 is 0 Å². The number of alkyl halides is 3. The minimum atomic E-state index is -4.38. The normalized spacial score (nSPS) is 11.6. The molecule has 0 aliphatic carbocycles. The van der Waals surface area contributed by atoms with Crippen LogP contribution in [-0.4, -0.2) is 5.78 Å². The first kappa shape index (κ1) is 13.8. The third-order valence-corrected chi connectivity index (χ3v) is 3.62. The Labute approximate surface area is 112 Å². The van der Waals surface area contributed by atoms with Gasteiger partial charge in [-0.15, -0.1) is 11.3 Å². The molecule has 100 valence electrons. The summed E-state index contributed by atoms with van der Waals surface area (Å²) in [6, 6.07) is 6.60. The van der Waals surface area contributed by atoms with E-state index in [-0.39, 0.29) is 12.2 Å². The molecule has 2 aromatic rings. The van der Waals surface area contributed by atoms with Crippen molar-refractivity contribution in [2.24, 2.45) is 0 Å². The molecule has 0 bridgehead atoms. The molecule has 1 aromatic carbocycles. The number of aryl methyl sites for hydroxylation is 1. The summed E-state index contributed by atoms with van der Waals surface area (Å²) in [5.74, 6) is -0.155. The summed E-state index contributed by atoms with van der Waals surface area (Å²) in [5, 5.41) is 1.80. The highest BCUT2D eigenvalue weighted by atomic mass is 32.1. The van der Waals surface area contributed by atoms with Gasteiger partial charge in [-0.25, -0.2) is 0 Å². The first-order chi connectivity index (χ1) is 8.88. The van der Waals surface area contributed by atoms with E-state index in [1.807, 2.05) is 6.92 Å². The molecule has 0 N–H and O–H groups in total. The Hall–Kier alpha value is -1.62. The van der Waals surface area contributed by atoms with Crippen molar-refractivity contribution in [3.63, 3.8) is 0 Å². The van der Waals surface area contributed by atoms with Gasteiger partial charge in [0.1, 0.15) is 0 Å².